The summed E-state index contributed by atoms with van der Waals surface area (Å²) < 4.78 is 0. The molecule has 0 aromatic carbocycles. The number of hydrogen-bond acceptors (Lipinski definition) is 4. The number of nitrogens with one attached hydrogen (secondary N) is 2. The lowest BCUT2D eigenvalue weighted by Gasteiger charge is -2.08. The molecule has 1 amide bonds. The molecular weight excluding hydrogens is 257 g/mol. The van der Waals surface area contributed by atoms with Crippen LogP contribution < -0.4 is 10.6 Å². The Balaban J connectivity index is 0.000000980. The van der Waals surface area contributed by atoms with Gasteiger partial charge in [0.25, 0.3) is 0 Å². The van der Waals surface area contributed by atoms with Gasteiger partial charge in [-0.2, -0.15) is 0 Å². The van der Waals surface area contributed by atoms with E-state index in [1.165, 1.54) is 11.3 Å². The van der Waals surface area contributed by atoms with Crippen LogP contribution in [0.5, 0.6) is 0 Å². The van der Waals surface area contributed by atoms with E-state index in [0.29, 0.717) is 5.13 Å². The molecule has 4 nitrogen and oxygen atoms in total. The number of carbonyl (C=O) groups excluding carboxylic acids is 1. The van der Waals surface area contributed by atoms with Crippen molar-refractivity contribution in [2.24, 2.45) is 0 Å². The quantitative estimate of drug-likeness (QED) is 0.859. The van der Waals surface area contributed by atoms with E-state index < -0.39 is 0 Å². The van der Waals surface area contributed by atoms with Crippen LogP contribution in [0.2, 0.25) is 0 Å². The molecule has 2 heterocycles. The summed E-state index contributed by atoms with van der Waals surface area (Å²) in [6, 6.07) is -0.0242. The van der Waals surface area contributed by atoms with Gasteiger partial charge in [-0.05, 0) is 19.4 Å². The summed E-state index contributed by atoms with van der Waals surface area (Å²) >= 11 is 1.44. The molecule has 0 aliphatic carbocycles. The van der Waals surface area contributed by atoms with Crippen molar-refractivity contribution >= 4 is 47.2 Å². The lowest BCUT2D eigenvalue weighted by molar-refractivity contribution is -0.117. The highest BCUT2D eigenvalue weighted by Crippen LogP contribution is 2.12. The van der Waals surface area contributed by atoms with E-state index in [-0.39, 0.29) is 36.8 Å². The summed E-state index contributed by atoms with van der Waals surface area (Å²) in [4.78, 5) is 15.5. The Morgan fingerprint density at radius 1 is 1.60 bits per heavy atom. The SMILES string of the molecule is Cl.Cl.O=C(Nc1nccs1)C1CCCN1. The first-order chi connectivity index (χ1) is 6.36. The van der Waals surface area contributed by atoms with Gasteiger partial charge < -0.3 is 10.6 Å². The molecule has 7 heteroatoms. The molecule has 2 rings (SSSR count). The fourth-order valence-electron chi connectivity index (χ4n) is 1.39. The smallest absolute Gasteiger partial charge is 0.243 e. The molecule has 0 spiro atoms. The number of halogens is 2. The van der Waals surface area contributed by atoms with Crippen molar-refractivity contribution in [2.75, 3.05) is 11.9 Å². The molecular formula is C8H13Cl2N3OS. The monoisotopic (exact) mass is 269 g/mol. The van der Waals surface area contributed by atoms with Crippen molar-refractivity contribution in [2.45, 2.75) is 18.9 Å². The third-order valence-corrected chi connectivity index (χ3v) is 2.73. The highest BCUT2D eigenvalue weighted by atomic mass is 35.5. The minimum atomic E-state index is -0.0242. The lowest BCUT2D eigenvalue weighted by atomic mass is 10.2. The van der Waals surface area contributed by atoms with Gasteiger partial charge in [-0.15, -0.1) is 36.2 Å². The van der Waals surface area contributed by atoms with Crippen molar-refractivity contribution in [3.63, 3.8) is 0 Å². The Morgan fingerprint density at radius 3 is 2.93 bits per heavy atom. The molecule has 2 N–H and O–H groups in total. The second-order valence-electron chi connectivity index (χ2n) is 2.98. The molecule has 1 unspecified atom stereocenters. The fraction of sp³-hybridized carbons (Fsp3) is 0.500. The molecule has 1 aromatic heterocycles. The highest BCUT2D eigenvalue weighted by molar-refractivity contribution is 7.13. The van der Waals surface area contributed by atoms with Gasteiger partial charge in [0.1, 0.15) is 0 Å². The zero-order valence-electron chi connectivity index (χ0n) is 7.93. The second-order valence-corrected chi connectivity index (χ2v) is 3.87. The first-order valence-corrected chi connectivity index (χ1v) is 5.18. The Morgan fingerprint density at radius 2 is 2.40 bits per heavy atom. The summed E-state index contributed by atoms with van der Waals surface area (Å²) in [5, 5.41) is 8.43. The maximum absolute atomic E-state index is 11.5. The Labute approximate surface area is 105 Å². The third-order valence-electron chi connectivity index (χ3n) is 2.04. The Hall–Kier alpha value is -0.360. The molecule has 0 bridgehead atoms. The average molecular weight is 270 g/mol. The van der Waals surface area contributed by atoms with Crippen LogP contribution >= 0.6 is 36.2 Å². The molecule has 1 aliphatic rings. The van der Waals surface area contributed by atoms with E-state index in [1.54, 1.807) is 6.20 Å². The standard InChI is InChI=1S/C8H11N3OS.2ClH/c12-7(6-2-1-3-9-6)11-8-10-4-5-13-8;;/h4-6,9H,1-3H2,(H,10,11,12);2*1H. The molecule has 1 aliphatic heterocycles. The fourth-order valence-corrected chi connectivity index (χ4v) is 1.92. The average Bonchev–Trinajstić information content (AvgIpc) is 2.74. The number of hydrogen-bond donors (Lipinski definition) is 2. The Kier molecular flexibility index (Phi) is 6.84. The Bertz CT molecular complexity index is 288. The van der Waals surface area contributed by atoms with Gasteiger partial charge in [0.05, 0.1) is 6.04 Å². The third kappa shape index (κ3) is 3.95. The van der Waals surface area contributed by atoms with Crippen molar-refractivity contribution < 1.29 is 4.79 Å². The van der Waals surface area contributed by atoms with E-state index in [2.05, 4.69) is 15.6 Å². The van der Waals surface area contributed by atoms with Gasteiger partial charge in [0.15, 0.2) is 5.13 Å². The topological polar surface area (TPSA) is 54.0 Å². The van der Waals surface area contributed by atoms with E-state index in [0.717, 1.165) is 19.4 Å². The highest BCUT2D eigenvalue weighted by Gasteiger charge is 2.22. The summed E-state index contributed by atoms with van der Waals surface area (Å²) in [7, 11) is 0. The van der Waals surface area contributed by atoms with Crippen LogP contribution in [-0.2, 0) is 4.79 Å². The summed E-state index contributed by atoms with van der Waals surface area (Å²) in [5.74, 6) is 0.0347. The number of carbonyl (C=O) groups is 1. The lowest BCUT2D eigenvalue weighted by Crippen LogP contribution is -2.35. The number of rotatable bonds is 2. The van der Waals surface area contributed by atoms with E-state index in [4.69, 9.17) is 0 Å². The van der Waals surface area contributed by atoms with Gasteiger partial charge in [-0.1, -0.05) is 0 Å². The van der Waals surface area contributed by atoms with E-state index in [1.807, 2.05) is 5.38 Å². The number of anilines is 1. The summed E-state index contributed by atoms with van der Waals surface area (Å²) in [5.41, 5.74) is 0. The van der Waals surface area contributed by atoms with Crippen LogP contribution in [0.3, 0.4) is 0 Å². The molecule has 1 saturated heterocycles. The maximum Gasteiger partial charge on any atom is 0.243 e. The molecule has 86 valence electrons. The molecule has 1 fully saturated rings. The van der Waals surface area contributed by atoms with Crippen molar-refractivity contribution in [1.29, 1.82) is 0 Å². The minimum Gasteiger partial charge on any atom is -0.306 e. The molecule has 15 heavy (non-hydrogen) atoms. The van der Waals surface area contributed by atoms with Crippen molar-refractivity contribution in [3.05, 3.63) is 11.6 Å². The van der Waals surface area contributed by atoms with Crippen LogP contribution in [0.25, 0.3) is 0 Å². The number of nitrogens with zero attached hydrogens (tertiary/aromatic N) is 1. The second kappa shape index (κ2) is 7.00. The molecule has 0 saturated carbocycles. The van der Waals surface area contributed by atoms with Gasteiger partial charge in [-0.3, -0.25) is 4.79 Å². The number of amides is 1. The predicted molar refractivity (Wildman–Crippen MR) is 66.3 cm³/mol. The zero-order valence-corrected chi connectivity index (χ0v) is 10.4. The van der Waals surface area contributed by atoms with Gasteiger partial charge in [0, 0.05) is 11.6 Å². The van der Waals surface area contributed by atoms with E-state index >= 15 is 0 Å². The normalized spacial score (nSPS) is 18.8. The van der Waals surface area contributed by atoms with Gasteiger partial charge in [0.2, 0.25) is 5.91 Å². The molecule has 1 aromatic rings. The summed E-state index contributed by atoms with van der Waals surface area (Å²) in [6.07, 6.45) is 3.69. The minimum absolute atomic E-state index is 0. The largest absolute Gasteiger partial charge is 0.306 e. The molecule has 1 atom stereocenters. The van der Waals surface area contributed by atoms with Gasteiger partial charge >= 0.3 is 0 Å². The predicted octanol–water partition coefficient (Wildman–Crippen LogP) is 1.68. The van der Waals surface area contributed by atoms with Crippen LogP contribution in [0.4, 0.5) is 5.13 Å². The molecule has 0 radical (unpaired) electrons. The van der Waals surface area contributed by atoms with Crippen LogP contribution in [0, 0.1) is 0 Å². The summed E-state index contributed by atoms with van der Waals surface area (Å²) in [6.45, 7) is 0.940. The maximum atomic E-state index is 11.5. The van der Waals surface area contributed by atoms with Crippen molar-refractivity contribution in [1.82, 2.24) is 10.3 Å². The van der Waals surface area contributed by atoms with E-state index in [9.17, 15) is 4.79 Å². The zero-order chi connectivity index (χ0) is 9.10. The number of aromatic nitrogens is 1. The van der Waals surface area contributed by atoms with Crippen molar-refractivity contribution in [3.8, 4) is 0 Å². The van der Waals surface area contributed by atoms with Crippen LogP contribution in [-0.4, -0.2) is 23.5 Å². The number of thiazole rings is 1. The van der Waals surface area contributed by atoms with Crippen LogP contribution in [0.1, 0.15) is 12.8 Å². The van der Waals surface area contributed by atoms with Crippen LogP contribution in [0.15, 0.2) is 11.6 Å². The first-order valence-electron chi connectivity index (χ1n) is 4.30. The first kappa shape index (κ1) is 14.6. The van der Waals surface area contributed by atoms with Gasteiger partial charge in [-0.25, -0.2) is 4.98 Å².